The van der Waals surface area contributed by atoms with Crippen molar-refractivity contribution in [1.29, 1.82) is 0 Å². The number of carbonyl (C=O) groups excluding carboxylic acids is 1. The SMILES string of the molecule is CCc1nc(C)nc(N2CCCN(C(=O)CC(C)CC(C)(C)C)CC2)c1Cc1ccccc1. The molecule has 5 heteroatoms. The molecule has 1 unspecified atom stereocenters. The Morgan fingerprint density at radius 3 is 2.45 bits per heavy atom. The maximum atomic E-state index is 13.0. The highest BCUT2D eigenvalue weighted by Crippen LogP contribution is 2.28. The minimum absolute atomic E-state index is 0.256. The van der Waals surface area contributed by atoms with Crippen LogP contribution in [0.2, 0.25) is 0 Å². The summed E-state index contributed by atoms with van der Waals surface area (Å²) in [5.41, 5.74) is 3.90. The lowest BCUT2D eigenvalue weighted by Gasteiger charge is -2.27. The van der Waals surface area contributed by atoms with Crippen LogP contribution < -0.4 is 4.90 Å². The Balaban J connectivity index is 1.75. The van der Waals surface area contributed by atoms with Gasteiger partial charge in [0.15, 0.2) is 0 Å². The summed E-state index contributed by atoms with van der Waals surface area (Å²) in [6, 6.07) is 10.6. The summed E-state index contributed by atoms with van der Waals surface area (Å²) in [7, 11) is 0. The smallest absolute Gasteiger partial charge is 0.222 e. The van der Waals surface area contributed by atoms with Gasteiger partial charge in [0, 0.05) is 50.3 Å². The predicted octanol–water partition coefficient (Wildman–Crippen LogP) is 5.44. The lowest BCUT2D eigenvalue weighted by molar-refractivity contribution is -0.132. The van der Waals surface area contributed by atoms with E-state index >= 15 is 0 Å². The van der Waals surface area contributed by atoms with E-state index in [1.165, 1.54) is 11.1 Å². The largest absolute Gasteiger partial charge is 0.354 e. The van der Waals surface area contributed by atoms with E-state index in [4.69, 9.17) is 9.97 Å². The van der Waals surface area contributed by atoms with E-state index in [0.717, 1.165) is 69.2 Å². The van der Waals surface area contributed by atoms with Crippen LogP contribution >= 0.6 is 0 Å². The zero-order valence-electron chi connectivity index (χ0n) is 21.5. The molecule has 2 aromatic rings. The Morgan fingerprint density at radius 2 is 1.79 bits per heavy atom. The van der Waals surface area contributed by atoms with Gasteiger partial charge >= 0.3 is 0 Å². The van der Waals surface area contributed by atoms with Crippen molar-refractivity contribution in [2.75, 3.05) is 31.1 Å². The van der Waals surface area contributed by atoms with Gasteiger partial charge in [-0.15, -0.1) is 0 Å². The number of nitrogens with zero attached hydrogens (tertiary/aromatic N) is 4. The molecule has 1 aromatic carbocycles. The number of amides is 1. The maximum absolute atomic E-state index is 13.0. The Labute approximate surface area is 200 Å². The quantitative estimate of drug-likeness (QED) is 0.564. The first-order valence-electron chi connectivity index (χ1n) is 12.6. The molecule has 0 radical (unpaired) electrons. The normalized spacial score (nSPS) is 15.9. The van der Waals surface area contributed by atoms with E-state index in [9.17, 15) is 4.79 Å². The van der Waals surface area contributed by atoms with Gasteiger partial charge in [-0.3, -0.25) is 4.79 Å². The molecule has 1 amide bonds. The highest BCUT2D eigenvalue weighted by molar-refractivity contribution is 5.76. The van der Waals surface area contributed by atoms with Crippen LogP contribution in [0.3, 0.4) is 0 Å². The maximum Gasteiger partial charge on any atom is 0.222 e. The van der Waals surface area contributed by atoms with E-state index < -0.39 is 0 Å². The molecule has 33 heavy (non-hydrogen) atoms. The molecule has 0 saturated carbocycles. The van der Waals surface area contributed by atoms with Crippen LogP contribution in [0.1, 0.15) is 76.5 Å². The first-order chi connectivity index (χ1) is 15.7. The topological polar surface area (TPSA) is 49.3 Å². The second-order valence-electron chi connectivity index (χ2n) is 10.8. The fraction of sp³-hybridized carbons (Fsp3) is 0.607. The van der Waals surface area contributed by atoms with Crippen molar-refractivity contribution in [3.63, 3.8) is 0 Å². The molecule has 1 saturated heterocycles. The molecule has 1 fully saturated rings. The zero-order valence-corrected chi connectivity index (χ0v) is 21.5. The molecule has 2 heterocycles. The third-order valence-electron chi connectivity index (χ3n) is 6.37. The van der Waals surface area contributed by atoms with Gasteiger partial charge in [-0.05, 0) is 43.1 Å². The predicted molar refractivity (Wildman–Crippen MR) is 137 cm³/mol. The highest BCUT2D eigenvalue weighted by Gasteiger charge is 2.25. The van der Waals surface area contributed by atoms with E-state index in [1.54, 1.807) is 0 Å². The molecule has 180 valence electrons. The van der Waals surface area contributed by atoms with Crippen LogP contribution in [-0.4, -0.2) is 47.0 Å². The molecule has 1 aliphatic rings. The summed E-state index contributed by atoms with van der Waals surface area (Å²) in [4.78, 5) is 27.2. The lowest BCUT2D eigenvalue weighted by Crippen LogP contribution is -2.36. The van der Waals surface area contributed by atoms with Crippen molar-refractivity contribution in [2.45, 2.75) is 73.6 Å². The summed E-state index contributed by atoms with van der Waals surface area (Å²) in [5.74, 6) is 2.59. The van der Waals surface area contributed by atoms with E-state index in [1.807, 2.05) is 6.92 Å². The van der Waals surface area contributed by atoms with Crippen molar-refractivity contribution in [3.8, 4) is 0 Å². The molecule has 3 rings (SSSR count). The van der Waals surface area contributed by atoms with Crippen molar-refractivity contribution in [3.05, 3.63) is 53.0 Å². The number of rotatable bonds is 7. The molecule has 1 aromatic heterocycles. The van der Waals surface area contributed by atoms with Crippen molar-refractivity contribution < 1.29 is 4.79 Å². The summed E-state index contributed by atoms with van der Waals surface area (Å²) in [5, 5.41) is 0. The lowest BCUT2D eigenvalue weighted by atomic mass is 9.84. The number of benzene rings is 1. The number of aryl methyl sites for hydroxylation is 2. The first kappa shape index (κ1) is 25.2. The minimum atomic E-state index is 0.256. The van der Waals surface area contributed by atoms with E-state index in [-0.39, 0.29) is 5.41 Å². The van der Waals surface area contributed by atoms with Crippen LogP contribution in [0.15, 0.2) is 30.3 Å². The molecule has 0 bridgehead atoms. The number of hydrogen-bond donors (Lipinski definition) is 0. The third-order valence-corrected chi connectivity index (χ3v) is 6.37. The fourth-order valence-electron chi connectivity index (χ4n) is 5.10. The summed E-state index contributed by atoms with van der Waals surface area (Å²) in [6.07, 6.45) is 4.41. The van der Waals surface area contributed by atoms with Crippen molar-refractivity contribution in [1.82, 2.24) is 14.9 Å². The Morgan fingerprint density at radius 1 is 1.06 bits per heavy atom. The van der Waals surface area contributed by atoms with Gasteiger partial charge in [0.2, 0.25) is 5.91 Å². The van der Waals surface area contributed by atoms with Gasteiger partial charge in [-0.1, -0.05) is 65.0 Å². The first-order valence-corrected chi connectivity index (χ1v) is 12.6. The van der Waals surface area contributed by atoms with Gasteiger partial charge in [0.05, 0.1) is 0 Å². The molecule has 0 aliphatic carbocycles. The molecular formula is C28H42N4O. The van der Waals surface area contributed by atoms with Crippen LogP contribution in [0.5, 0.6) is 0 Å². The molecule has 1 atom stereocenters. The Kier molecular flexibility index (Phi) is 8.50. The molecule has 0 spiro atoms. The number of hydrogen-bond acceptors (Lipinski definition) is 4. The van der Waals surface area contributed by atoms with E-state index in [0.29, 0.717) is 18.2 Å². The van der Waals surface area contributed by atoms with Crippen molar-refractivity contribution in [2.24, 2.45) is 11.3 Å². The number of aromatic nitrogens is 2. The average molecular weight is 451 g/mol. The monoisotopic (exact) mass is 450 g/mol. The molecular weight excluding hydrogens is 408 g/mol. The Hall–Kier alpha value is -2.43. The molecule has 1 aliphatic heterocycles. The average Bonchev–Trinajstić information content (AvgIpc) is 3.00. The van der Waals surface area contributed by atoms with Gasteiger partial charge in [-0.2, -0.15) is 0 Å². The van der Waals surface area contributed by atoms with Crippen LogP contribution in [0, 0.1) is 18.3 Å². The third kappa shape index (κ3) is 7.28. The summed E-state index contributed by atoms with van der Waals surface area (Å²) < 4.78 is 0. The summed E-state index contributed by atoms with van der Waals surface area (Å²) in [6.45, 7) is 16.4. The summed E-state index contributed by atoms with van der Waals surface area (Å²) >= 11 is 0. The van der Waals surface area contributed by atoms with Gasteiger partial charge < -0.3 is 9.80 Å². The van der Waals surface area contributed by atoms with Crippen molar-refractivity contribution >= 4 is 11.7 Å². The van der Waals surface area contributed by atoms with E-state index in [2.05, 4.69) is 74.8 Å². The molecule has 5 nitrogen and oxygen atoms in total. The highest BCUT2D eigenvalue weighted by atomic mass is 16.2. The molecule has 0 N–H and O–H groups in total. The van der Waals surface area contributed by atoms with Crippen LogP contribution in [0.25, 0.3) is 0 Å². The number of anilines is 1. The van der Waals surface area contributed by atoms with Crippen LogP contribution in [-0.2, 0) is 17.6 Å². The van der Waals surface area contributed by atoms with Gasteiger partial charge in [0.25, 0.3) is 0 Å². The fourth-order valence-corrected chi connectivity index (χ4v) is 5.10. The van der Waals surface area contributed by atoms with Gasteiger partial charge in [0.1, 0.15) is 11.6 Å². The van der Waals surface area contributed by atoms with Gasteiger partial charge in [-0.25, -0.2) is 9.97 Å². The minimum Gasteiger partial charge on any atom is -0.354 e. The number of carbonyl (C=O) groups is 1. The van der Waals surface area contributed by atoms with Crippen LogP contribution in [0.4, 0.5) is 5.82 Å². The zero-order chi connectivity index (χ0) is 24.0. The Bertz CT molecular complexity index is 919. The second kappa shape index (κ2) is 11.1. The second-order valence-corrected chi connectivity index (χ2v) is 10.8. The standard InChI is InChI=1S/C28H42N4O/c1-7-25-24(19-23-12-9-8-10-13-23)27(30-22(3)29-25)32-15-11-14-31(16-17-32)26(33)18-21(2)20-28(4,5)6/h8-10,12-13,21H,7,11,14-20H2,1-6H3.